The van der Waals surface area contributed by atoms with Crippen molar-refractivity contribution in [2.45, 2.75) is 26.2 Å². The minimum Gasteiger partial charge on any atom is -0.436 e. The van der Waals surface area contributed by atoms with Crippen molar-refractivity contribution in [3.8, 4) is 45.1 Å². The summed E-state index contributed by atoms with van der Waals surface area (Å²) in [6.07, 6.45) is 8.91. The first-order chi connectivity index (χ1) is 30.5. The van der Waals surface area contributed by atoms with Crippen LogP contribution in [-0.4, -0.2) is 19.9 Å². The standard InChI is InChI=1S/C56H43N5O/c1-38-34-51-52(62-56(57-51)43-22-12-5-13-23-43)37-49(38)50-36-44(40-28-31-47(32-29-40)61(45-24-14-6-15-25-45)46-26-16-7-17-27-46)30-33-48(50)39(2)35-53-58-54(41-18-8-3-9-19-41)60-55(59-53)42-20-10-4-11-21-42/h3,5-10,12-34,36-37H,2,4,11,35H2,1H3. The van der Waals surface area contributed by atoms with E-state index in [0.717, 1.165) is 96.7 Å². The minimum atomic E-state index is 0.434. The molecule has 0 saturated carbocycles. The molecule has 7 aromatic carbocycles. The summed E-state index contributed by atoms with van der Waals surface area (Å²) in [4.78, 5) is 22.2. The summed E-state index contributed by atoms with van der Waals surface area (Å²) < 4.78 is 6.44. The number of anilines is 3. The topological polar surface area (TPSA) is 67.9 Å². The lowest BCUT2D eigenvalue weighted by molar-refractivity contribution is 0.620. The Balaban J connectivity index is 1.06. The van der Waals surface area contributed by atoms with Crippen molar-refractivity contribution in [3.05, 3.63) is 224 Å². The van der Waals surface area contributed by atoms with E-state index in [9.17, 15) is 0 Å². The van der Waals surface area contributed by atoms with E-state index in [1.54, 1.807) is 0 Å². The van der Waals surface area contributed by atoms with Gasteiger partial charge in [0.2, 0.25) is 5.89 Å². The van der Waals surface area contributed by atoms with Crippen molar-refractivity contribution in [1.29, 1.82) is 0 Å². The summed E-state index contributed by atoms with van der Waals surface area (Å²) in [7, 11) is 0. The number of aryl methyl sites for hydroxylation is 1. The molecule has 0 radical (unpaired) electrons. The number of nitrogens with zero attached hydrogens (tertiary/aromatic N) is 5. The number of para-hydroxylation sites is 2. The highest BCUT2D eigenvalue weighted by Gasteiger charge is 2.20. The summed E-state index contributed by atoms with van der Waals surface area (Å²) in [5.41, 5.74) is 15.0. The number of rotatable bonds is 11. The molecule has 0 aliphatic heterocycles. The van der Waals surface area contributed by atoms with Crippen LogP contribution in [0.4, 0.5) is 17.1 Å². The molecule has 0 saturated heterocycles. The lowest BCUT2D eigenvalue weighted by Gasteiger charge is -2.25. The fourth-order valence-corrected chi connectivity index (χ4v) is 8.14. The van der Waals surface area contributed by atoms with Crippen LogP contribution >= 0.6 is 0 Å². The summed E-state index contributed by atoms with van der Waals surface area (Å²) in [5, 5.41) is 0. The monoisotopic (exact) mass is 801 g/mol. The maximum absolute atomic E-state index is 6.44. The van der Waals surface area contributed by atoms with E-state index in [-0.39, 0.29) is 0 Å². The first kappa shape index (κ1) is 38.3. The summed E-state index contributed by atoms with van der Waals surface area (Å²) >= 11 is 0. The highest BCUT2D eigenvalue weighted by molar-refractivity contribution is 5.91. The molecule has 0 unspecified atom stereocenters. The van der Waals surface area contributed by atoms with Gasteiger partial charge in [0.15, 0.2) is 17.2 Å². The fourth-order valence-electron chi connectivity index (χ4n) is 8.14. The molecule has 9 aromatic rings. The first-order valence-electron chi connectivity index (χ1n) is 21.0. The molecule has 62 heavy (non-hydrogen) atoms. The summed E-state index contributed by atoms with van der Waals surface area (Å²) in [6, 6.07) is 60.8. The van der Waals surface area contributed by atoms with Gasteiger partial charge in [-0.1, -0.05) is 134 Å². The molecule has 6 nitrogen and oxygen atoms in total. The number of benzene rings is 7. The normalized spacial score (nSPS) is 12.3. The van der Waals surface area contributed by atoms with Gasteiger partial charge in [-0.05, 0) is 125 Å². The molecule has 0 bridgehead atoms. The zero-order chi connectivity index (χ0) is 41.8. The van der Waals surface area contributed by atoms with Crippen molar-refractivity contribution in [3.63, 3.8) is 0 Å². The van der Waals surface area contributed by atoms with Gasteiger partial charge in [-0.25, -0.2) is 19.9 Å². The highest BCUT2D eigenvalue weighted by Crippen LogP contribution is 2.40. The Labute approximate surface area is 362 Å². The van der Waals surface area contributed by atoms with Crippen molar-refractivity contribution in [2.24, 2.45) is 0 Å². The molecule has 2 heterocycles. The molecule has 1 aliphatic rings. The Morgan fingerprint density at radius 3 is 1.84 bits per heavy atom. The molecule has 298 valence electrons. The van der Waals surface area contributed by atoms with E-state index in [1.165, 1.54) is 0 Å². The van der Waals surface area contributed by atoms with E-state index in [1.807, 2.05) is 72.8 Å². The molecule has 1 aliphatic carbocycles. The van der Waals surface area contributed by atoms with Crippen LogP contribution in [0.5, 0.6) is 0 Å². The Hall–Kier alpha value is -7.96. The number of hydrogen-bond donors (Lipinski definition) is 0. The van der Waals surface area contributed by atoms with Gasteiger partial charge in [0, 0.05) is 40.2 Å². The van der Waals surface area contributed by atoms with Crippen molar-refractivity contribution in [2.75, 3.05) is 4.90 Å². The lowest BCUT2D eigenvalue weighted by atomic mass is 9.88. The number of oxazole rings is 1. The molecule has 0 fully saturated rings. The largest absolute Gasteiger partial charge is 0.436 e. The summed E-state index contributed by atoms with van der Waals surface area (Å²) in [6.45, 7) is 6.84. The second-order valence-electron chi connectivity index (χ2n) is 15.5. The van der Waals surface area contributed by atoms with Gasteiger partial charge in [-0.3, -0.25) is 0 Å². The van der Waals surface area contributed by atoms with Crippen LogP contribution in [0.2, 0.25) is 0 Å². The molecule has 10 rings (SSSR count). The molecule has 0 atom stereocenters. The Bertz CT molecular complexity index is 3060. The second-order valence-corrected chi connectivity index (χ2v) is 15.5. The SMILES string of the molecule is C=C(Cc1nc(C2=CCCC=C2)nc(-c2ccccc2)n1)c1ccc(-c2ccc(N(c3ccccc3)c3ccccc3)cc2)cc1-c1cc2oc(-c3ccccc3)nc2cc1C. The van der Waals surface area contributed by atoms with Crippen LogP contribution in [0.3, 0.4) is 0 Å². The van der Waals surface area contributed by atoms with Crippen LogP contribution in [0.15, 0.2) is 205 Å². The molecular weight excluding hydrogens is 759 g/mol. The van der Waals surface area contributed by atoms with Crippen molar-refractivity contribution >= 4 is 39.3 Å². The van der Waals surface area contributed by atoms with Gasteiger partial charge in [0.05, 0.1) is 0 Å². The third kappa shape index (κ3) is 7.89. The van der Waals surface area contributed by atoms with Crippen LogP contribution in [0, 0.1) is 6.92 Å². The van der Waals surface area contributed by atoms with Gasteiger partial charge in [0.1, 0.15) is 11.3 Å². The molecular formula is C56H43N5O. The quantitative estimate of drug-likeness (QED) is 0.130. The number of aromatic nitrogens is 4. The lowest BCUT2D eigenvalue weighted by Crippen LogP contribution is -2.09. The molecule has 0 spiro atoms. The van der Waals surface area contributed by atoms with E-state index in [4.69, 9.17) is 30.9 Å². The highest BCUT2D eigenvalue weighted by atomic mass is 16.3. The zero-order valence-corrected chi connectivity index (χ0v) is 34.4. The van der Waals surface area contributed by atoms with Gasteiger partial charge >= 0.3 is 0 Å². The fraction of sp³-hybridized carbons (Fsp3) is 0.0714. The van der Waals surface area contributed by atoms with Gasteiger partial charge in [-0.2, -0.15) is 0 Å². The third-order valence-electron chi connectivity index (χ3n) is 11.3. The van der Waals surface area contributed by atoms with Crippen LogP contribution < -0.4 is 4.90 Å². The zero-order valence-electron chi connectivity index (χ0n) is 34.4. The Morgan fingerprint density at radius 1 is 0.565 bits per heavy atom. The van der Waals surface area contributed by atoms with Gasteiger partial charge < -0.3 is 9.32 Å². The third-order valence-corrected chi connectivity index (χ3v) is 11.3. The maximum atomic E-state index is 6.44. The predicted octanol–water partition coefficient (Wildman–Crippen LogP) is 14.4. The maximum Gasteiger partial charge on any atom is 0.227 e. The van der Waals surface area contributed by atoms with Crippen LogP contribution in [0.25, 0.3) is 67.3 Å². The Morgan fingerprint density at radius 2 is 1.18 bits per heavy atom. The average Bonchev–Trinajstić information content (AvgIpc) is 3.76. The molecule has 6 heteroatoms. The number of hydrogen-bond acceptors (Lipinski definition) is 6. The van der Waals surface area contributed by atoms with Gasteiger partial charge in [0.25, 0.3) is 0 Å². The van der Waals surface area contributed by atoms with E-state index in [0.29, 0.717) is 29.8 Å². The van der Waals surface area contributed by atoms with Crippen LogP contribution in [0.1, 0.15) is 35.6 Å². The predicted molar refractivity (Wildman–Crippen MR) is 254 cm³/mol. The Kier molecular flexibility index (Phi) is 10.5. The van der Waals surface area contributed by atoms with E-state index in [2.05, 4.69) is 133 Å². The van der Waals surface area contributed by atoms with Crippen molar-refractivity contribution in [1.82, 2.24) is 19.9 Å². The molecule has 0 amide bonds. The van der Waals surface area contributed by atoms with E-state index < -0.39 is 0 Å². The van der Waals surface area contributed by atoms with Crippen molar-refractivity contribution < 1.29 is 4.42 Å². The molecule has 0 N–H and O–H groups in total. The second kappa shape index (κ2) is 17.0. The smallest absolute Gasteiger partial charge is 0.227 e. The summed E-state index contributed by atoms with van der Waals surface area (Å²) in [5.74, 6) is 2.59. The average molecular weight is 802 g/mol. The number of allylic oxidation sites excluding steroid dienone is 5. The van der Waals surface area contributed by atoms with E-state index >= 15 is 0 Å². The number of fused-ring (bicyclic) bond motifs is 1. The van der Waals surface area contributed by atoms with Crippen LogP contribution in [-0.2, 0) is 6.42 Å². The molecule has 2 aromatic heterocycles. The van der Waals surface area contributed by atoms with Gasteiger partial charge in [-0.15, -0.1) is 0 Å². The minimum absolute atomic E-state index is 0.434. The first-order valence-corrected chi connectivity index (χ1v) is 21.0.